The molecule has 2 aliphatic rings. The lowest BCUT2D eigenvalue weighted by Gasteiger charge is -2.32. The van der Waals surface area contributed by atoms with E-state index in [-0.39, 0.29) is 18.5 Å². The molecule has 2 unspecified atom stereocenters. The van der Waals surface area contributed by atoms with Gasteiger partial charge in [-0.05, 0) is 18.4 Å². The highest BCUT2D eigenvalue weighted by molar-refractivity contribution is 7.27. The van der Waals surface area contributed by atoms with E-state index in [0.717, 1.165) is 30.3 Å². The zero-order valence-corrected chi connectivity index (χ0v) is 15.3. The minimum atomic E-state index is -0.819. The lowest BCUT2D eigenvalue weighted by Crippen LogP contribution is -2.53. The molecule has 1 amide bonds. The van der Waals surface area contributed by atoms with Crippen LogP contribution in [0.3, 0.4) is 0 Å². The summed E-state index contributed by atoms with van der Waals surface area (Å²) in [6.07, 6.45) is 6.81. The van der Waals surface area contributed by atoms with E-state index in [9.17, 15) is 4.79 Å². The standard InChI is InChI=1S/C18H26N3O2P/c1-21-16(22)18(20-17(21)19,11-13-7-3-2-4-8-13)12-23-14-9-5-6-10-15(14)24/h5-6,9-10,13H,2-4,7-8,11-12,24H2,1H3,(H2,19,20). The van der Waals surface area contributed by atoms with Crippen molar-refractivity contribution in [2.75, 3.05) is 13.7 Å². The Morgan fingerprint density at radius 2 is 2.04 bits per heavy atom. The van der Waals surface area contributed by atoms with E-state index in [1.54, 1.807) is 7.05 Å². The minimum Gasteiger partial charge on any atom is -0.490 e. The molecule has 1 aromatic rings. The van der Waals surface area contributed by atoms with Crippen molar-refractivity contribution < 1.29 is 9.53 Å². The SMILES string of the molecule is CN1C(=N)NC(COc2ccccc2P)(CC2CCCCC2)C1=O. The van der Waals surface area contributed by atoms with E-state index in [1.165, 1.54) is 24.2 Å². The molecule has 1 saturated heterocycles. The molecule has 24 heavy (non-hydrogen) atoms. The van der Waals surface area contributed by atoms with Crippen molar-refractivity contribution in [3.8, 4) is 5.75 Å². The van der Waals surface area contributed by atoms with Gasteiger partial charge in [-0.1, -0.05) is 50.3 Å². The molecule has 1 aliphatic carbocycles. The Bertz CT molecular complexity index is 630. The summed E-state index contributed by atoms with van der Waals surface area (Å²) in [5, 5.41) is 12.1. The molecular formula is C18H26N3O2P. The fraction of sp³-hybridized carbons (Fsp3) is 0.556. The van der Waals surface area contributed by atoms with Crippen LogP contribution >= 0.6 is 9.24 Å². The number of carbonyl (C=O) groups is 1. The number of benzene rings is 1. The van der Waals surface area contributed by atoms with Crippen molar-refractivity contribution >= 4 is 26.4 Å². The van der Waals surface area contributed by atoms with Gasteiger partial charge in [-0.3, -0.25) is 15.1 Å². The summed E-state index contributed by atoms with van der Waals surface area (Å²) in [7, 11) is 4.31. The van der Waals surface area contributed by atoms with Crippen LogP contribution < -0.4 is 15.4 Å². The molecule has 0 spiro atoms. The van der Waals surface area contributed by atoms with Crippen molar-refractivity contribution in [1.82, 2.24) is 10.2 Å². The molecule has 1 heterocycles. The first-order chi connectivity index (χ1) is 11.5. The molecular weight excluding hydrogens is 321 g/mol. The fourth-order valence-electron chi connectivity index (χ4n) is 3.78. The van der Waals surface area contributed by atoms with Gasteiger partial charge in [0.2, 0.25) is 0 Å². The maximum absolute atomic E-state index is 12.9. The molecule has 5 nitrogen and oxygen atoms in total. The van der Waals surface area contributed by atoms with E-state index in [4.69, 9.17) is 10.1 Å². The zero-order chi connectivity index (χ0) is 17.2. The van der Waals surface area contributed by atoms with Crippen LogP contribution in [0.4, 0.5) is 0 Å². The Labute approximate surface area is 145 Å². The second-order valence-electron chi connectivity index (χ2n) is 6.95. The smallest absolute Gasteiger partial charge is 0.258 e. The summed E-state index contributed by atoms with van der Waals surface area (Å²) in [6.45, 7) is 0.250. The average molecular weight is 347 g/mol. The molecule has 2 N–H and O–H groups in total. The first kappa shape index (κ1) is 17.2. The highest BCUT2D eigenvalue weighted by Gasteiger charge is 2.50. The lowest BCUT2D eigenvalue weighted by molar-refractivity contribution is -0.132. The van der Waals surface area contributed by atoms with Gasteiger partial charge in [-0.2, -0.15) is 0 Å². The highest BCUT2D eigenvalue weighted by Crippen LogP contribution is 2.33. The second-order valence-corrected chi connectivity index (χ2v) is 7.58. The van der Waals surface area contributed by atoms with Crippen LogP contribution in [0.25, 0.3) is 0 Å². The van der Waals surface area contributed by atoms with E-state index >= 15 is 0 Å². The first-order valence-electron chi connectivity index (χ1n) is 8.64. The van der Waals surface area contributed by atoms with Crippen molar-refractivity contribution in [3.05, 3.63) is 24.3 Å². The van der Waals surface area contributed by atoms with Crippen molar-refractivity contribution in [2.24, 2.45) is 5.92 Å². The number of likely N-dealkylation sites (N-methyl/N-ethyl adjacent to an activating group) is 1. The van der Waals surface area contributed by atoms with Gasteiger partial charge in [0.05, 0.1) is 0 Å². The molecule has 6 heteroatoms. The summed E-state index contributed by atoms with van der Waals surface area (Å²) in [5.74, 6) is 1.39. The third kappa shape index (κ3) is 3.41. The van der Waals surface area contributed by atoms with Crippen molar-refractivity contribution in [2.45, 2.75) is 44.1 Å². The Balaban J connectivity index is 1.78. The normalized spacial score (nSPS) is 25.0. The van der Waals surface area contributed by atoms with Crippen LogP contribution in [0.1, 0.15) is 38.5 Å². The van der Waals surface area contributed by atoms with Gasteiger partial charge in [0.1, 0.15) is 12.4 Å². The van der Waals surface area contributed by atoms with E-state index in [1.807, 2.05) is 24.3 Å². The molecule has 1 aromatic carbocycles. The number of hydrogen-bond donors (Lipinski definition) is 2. The Morgan fingerprint density at radius 3 is 2.67 bits per heavy atom. The van der Waals surface area contributed by atoms with Gasteiger partial charge >= 0.3 is 0 Å². The third-order valence-electron chi connectivity index (χ3n) is 5.16. The first-order valence-corrected chi connectivity index (χ1v) is 9.22. The third-order valence-corrected chi connectivity index (χ3v) is 5.64. The summed E-state index contributed by atoms with van der Waals surface area (Å²) < 4.78 is 6.01. The lowest BCUT2D eigenvalue weighted by atomic mass is 9.79. The number of carbonyl (C=O) groups excluding carboxylic acids is 1. The zero-order valence-electron chi connectivity index (χ0n) is 14.2. The highest BCUT2D eigenvalue weighted by atomic mass is 31.0. The molecule has 0 radical (unpaired) electrons. The fourth-order valence-corrected chi connectivity index (χ4v) is 4.07. The molecule has 1 saturated carbocycles. The molecule has 2 fully saturated rings. The molecule has 0 aromatic heterocycles. The van der Waals surface area contributed by atoms with E-state index in [2.05, 4.69) is 14.6 Å². The van der Waals surface area contributed by atoms with Gasteiger partial charge in [-0.15, -0.1) is 9.24 Å². The molecule has 2 atom stereocenters. The average Bonchev–Trinajstić information content (AvgIpc) is 2.79. The Hall–Kier alpha value is -1.61. The van der Waals surface area contributed by atoms with Crippen LogP contribution in [0.15, 0.2) is 24.3 Å². The number of nitrogens with one attached hydrogen (secondary N) is 2. The van der Waals surface area contributed by atoms with Crippen LogP contribution in [-0.4, -0.2) is 36.0 Å². The van der Waals surface area contributed by atoms with Gasteiger partial charge < -0.3 is 10.1 Å². The summed E-state index contributed by atoms with van der Waals surface area (Å²) in [6, 6.07) is 7.75. The summed E-state index contributed by atoms with van der Waals surface area (Å²) in [4.78, 5) is 14.3. The Kier molecular flexibility index (Phi) is 5.09. The quantitative estimate of drug-likeness (QED) is 0.803. The second kappa shape index (κ2) is 7.10. The molecule has 0 bridgehead atoms. The number of guanidine groups is 1. The van der Waals surface area contributed by atoms with E-state index in [0.29, 0.717) is 5.92 Å². The minimum absolute atomic E-state index is 0.0562. The van der Waals surface area contributed by atoms with Gasteiger partial charge in [0.25, 0.3) is 5.91 Å². The van der Waals surface area contributed by atoms with Crippen molar-refractivity contribution in [3.63, 3.8) is 0 Å². The van der Waals surface area contributed by atoms with Gasteiger partial charge in [0.15, 0.2) is 11.5 Å². The Morgan fingerprint density at radius 1 is 1.33 bits per heavy atom. The van der Waals surface area contributed by atoms with Gasteiger partial charge in [0, 0.05) is 12.4 Å². The maximum Gasteiger partial charge on any atom is 0.258 e. The van der Waals surface area contributed by atoms with Crippen LogP contribution in [-0.2, 0) is 4.79 Å². The summed E-state index contributed by atoms with van der Waals surface area (Å²) >= 11 is 0. The maximum atomic E-state index is 12.9. The largest absolute Gasteiger partial charge is 0.490 e. The number of ether oxygens (including phenoxy) is 1. The van der Waals surface area contributed by atoms with E-state index < -0.39 is 5.54 Å². The number of amides is 1. The number of rotatable bonds is 5. The molecule has 3 rings (SSSR count). The summed E-state index contributed by atoms with van der Waals surface area (Å²) in [5.41, 5.74) is -0.819. The molecule has 1 aliphatic heterocycles. The number of hydrogen-bond acceptors (Lipinski definition) is 3. The van der Waals surface area contributed by atoms with Crippen LogP contribution in [0, 0.1) is 11.3 Å². The predicted octanol–water partition coefficient (Wildman–Crippen LogP) is 2.27. The van der Waals surface area contributed by atoms with Crippen molar-refractivity contribution in [1.29, 1.82) is 5.41 Å². The topological polar surface area (TPSA) is 65.4 Å². The van der Waals surface area contributed by atoms with Crippen LogP contribution in [0.5, 0.6) is 5.75 Å². The number of para-hydroxylation sites is 1. The van der Waals surface area contributed by atoms with Crippen LogP contribution in [0.2, 0.25) is 0 Å². The number of nitrogens with zero attached hydrogens (tertiary/aromatic N) is 1. The predicted molar refractivity (Wildman–Crippen MR) is 98.8 cm³/mol. The molecule has 130 valence electrons. The monoisotopic (exact) mass is 347 g/mol. The van der Waals surface area contributed by atoms with Gasteiger partial charge in [-0.25, -0.2) is 0 Å².